The van der Waals surface area contributed by atoms with Gasteiger partial charge >= 0.3 is 0 Å². The molecule has 8 heteroatoms. The van der Waals surface area contributed by atoms with Crippen molar-refractivity contribution >= 4 is 17.7 Å². The number of carbonyl (C=O) groups is 1. The second kappa shape index (κ2) is 35.7. The molecule has 1 N–H and O–H groups in total. The molecule has 308 valence electrons. The van der Waals surface area contributed by atoms with Crippen LogP contribution in [0, 0.1) is 0 Å². The van der Waals surface area contributed by atoms with Gasteiger partial charge in [0.25, 0.3) is 0 Å². The quantitative estimate of drug-likeness (QED) is 0.0410. The van der Waals surface area contributed by atoms with Crippen molar-refractivity contribution in [1.82, 2.24) is 10.2 Å². The second-order valence-corrected chi connectivity index (χ2v) is 14.9. The van der Waals surface area contributed by atoms with Crippen LogP contribution in [-0.4, -0.2) is 90.1 Å². The molecule has 0 aromatic heterocycles. The molecule has 0 saturated carbocycles. The molecule has 0 saturated heterocycles. The highest BCUT2D eigenvalue weighted by molar-refractivity contribution is 5.91. The van der Waals surface area contributed by atoms with Gasteiger partial charge in [0.1, 0.15) is 0 Å². The van der Waals surface area contributed by atoms with Crippen molar-refractivity contribution in [3.05, 3.63) is 35.9 Å². The van der Waals surface area contributed by atoms with E-state index >= 15 is 0 Å². The number of anilines is 1. The van der Waals surface area contributed by atoms with E-state index in [9.17, 15) is 4.79 Å². The van der Waals surface area contributed by atoms with Crippen molar-refractivity contribution < 1.29 is 23.7 Å². The normalized spacial score (nSPS) is 12.9. The van der Waals surface area contributed by atoms with Crippen LogP contribution in [-0.2, 0) is 23.7 Å². The van der Waals surface area contributed by atoms with E-state index in [1.807, 2.05) is 46.2 Å². The standard InChI is InChI=1S/C45H83N3O5/c1-7-9-11-13-17-23-37-50-41(3)52-39-25-21-35-48(36-22-26-40-53-42(4)51-38-24-18-14-12-10-8-2)34-20-16-15-19-33-46-45(49)32-29-43-27-30-44(31-28-43)47(5)6/h27-32,41-42H,7-26,33-40H2,1-6H3,(H,46,49)/b32-29+. The summed E-state index contributed by atoms with van der Waals surface area (Å²) in [7, 11) is 4.05. The molecule has 0 heterocycles. The van der Waals surface area contributed by atoms with Gasteiger partial charge in [-0.15, -0.1) is 0 Å². The van der Waals surface area contributed by atoms with Gasteiger partial charge < -0.3 is 34.1 Å². The summed E-state index contributed by atoms with van der Waals surface area (Å²) in [5.41, 5.74) is 2.17. The lowest BCUT2D eigenvalue weighted by molar-refractivity contribution is -0.132. The summed E-state index contributed by atoms with van der Waals surface area (Å²) >= 11 is 0. The van der Waals surface area contributed by atoms with Crippen molar-refractivity contribution in [3.8, 4) is 0 Å². The summed E-state index contributed by atoms with van der Waals surface area (Å²) in [4.78, 5) is 17.0. The molecule has 0 radical (unpaired) electrons. The van der Waals surface area contributed by atoms with E-state index in [1.54, 1.807) is 6.08 Å². The Balaban J connectivity index is 2.29. The Morgan fingerprint density at radius 3 is 1.45 bits per heavy atom. The first-order valence-corrected chi connectivity index (χ1v) is 21.8. The van der Waals surface area contributed by atoms with Gasteiger partial charge in [0.15, 0.2) is 12.6 Å². The Hall–Kier alpha value is -1.97. The molecule has 0 bridgehead atoms. The minimum atomic E-state index is -0.125. The van der Waals surface area contributed by atoms with Gasteiger partial charge in [0.2, 0.25) is 5.91 Å². The summed E-state index contributed by atoms with van der Waals surface area (Å²) in [6.07, 6.45) is 27.4. The van der Waals surface area contributed by atoms with E-state index < -0.39 is 0 Å². The number of ether oxygens (including phenoxy) is 4. The molecule has 2 unspecified atom stereocenters. The zero-order valence-electron chi connectivity index (χ0n) is 35.4. The Morgan fingerprint density at radius 2 is 0.981 bits per heavy atom. The van der Waals surface area contributed by atoms with Gasteiger partial charge in [0, 0.05) is 58.8 Å². The van der Waals surface area contributed by atoms with Crippen LogP contribution in [0.15, 0.2) is 30.3 Å². The van der Waals surface area contributed by atoms with Crippen LogP contribution in [0.1, 0.15) is 162 Å². The van der Waals surface area contributed by atoms with Crippen molar-refractivity contribution in [2.24, 2.45) is 0 Å². The first-order chi connectivity index (χ1) is 25.8. The molecule has 0 aliphatic rings. The largest absolute Gasteiger partial charge is 0.378 e. The van der Waals surface area contributed by atoms with Gasteiger partial charge in [-0.05, 0) is 109 Å². The zero-order valence-corrected chi connectivity index (χ0v) is 35.4. The highest BCUT2D eigenvalue weighted by Gasteiger charge is 2.08. The Bertz CT molecular complexity index is 939. The second-order valence-electron chi connectivity index (χ2n) is 14.9. The molecule has 2 atom stereocenters. The van der Waals surface area contributed by atoms with Gasteiger partial charge in [-0.25, -0.2) is 0 Å². The number of benzene rings is 1. The molecule has 1 amide bonds. The third-order valence-electron chi connectivity index (χ3n) is 9.68. The molecule has 0 fully saturated rings. The SMILES string of the molecule is CCCCCCCCOC(C)OCCCCN(CCCCCCNC(=O)/C=C/c1ccc(N(C)C)cc1)CCCCOC(C)OCCCCCCCC. The highest BCUT2D eigenvalue weighted by atomic mass is 16.7. The number of nitrogens with zero attached hydrogens (tertiary/aromatic N) is 2. The molecular weight excluding hydrogens is 663 g/mol. The number of hydrogen-bond donors (Lipinski definition) is 1. The Kier molecular flexibility index (Phi) is 33.1. The number of hydrogen-bond acceptors (Lipinski definition) is 7. The van der Waals surface area contributed by atoms with Crippen molar-refractivity contribution in [2.75, 3.05) is 71.6 Å². The lowest BCUT2D eigenvalue weighted by Crippen LogP contribution is -2.28. The molecule has 1 aromatic rings. The zero-order chi connectivity index (χ0) is 38.6. The fourth-order valence-corrected chi connectivity index (χ4v) is 6.21. The Labute approximate surface area is 327 Å². The number of amides is 1. The Morgan fingerprint density at radius 1 is 0.585 bits per heavy atom. The summed E-state index contributed by atoms with van der Waals surface area (Å²) < 4.78 is 23.7. The summed E-state index contributed by atoms with van der Waals surface area (Å²) in [5, 5.41) is 3.04. The lowest BCUT2D eigenvalue weighted by atomic mass is 10.1. The minimum absolute atomic E-state index is 0.0293. The van der Waals surface area contributed by atoms with Crippen molar-refractivity contribution in [1.29, 1.82) is 0 Å². The van der Waals surface area contributed by atoms with Crippen LogP contribution >= 0.6 is 0 Å². The van der Waals surface area contributed by atoms with Crippen molar-refractivity contribution in [3.63, 3.8) is 0 Å². The van der Waals surface area contributed by atoms with Crippen LogP contribution in [0.4, 0.5) is 5.69 Å². The van der Waals surface area contributed by atoms with E-state index in [0.717, 1.165) is 109 Å². The van der Waals surface area contributed by atoms with Gasteiger partial charge in [0.05, 0.1) is 0 Å². The highest BCUT2D eigenvalue weighted by Crippen LogP contribution is 2.13. The van der Waals surface area contributed by atoms with Crippen molar-refractivity contribution in [2.45, 2.75) is 169 Å². The van der Waals surface area contributed by atoms with E-state index in [-0.39, 0.29) is 18.5 Å². The molecule has 8 nitrogen and oxygen atoms in total. The van der Waals surface area contributed by atoms with Gasteiger partial charge in [-0.2, -0.15) is 0 Å². The number of carbonyl (C=O) groups excluding carboxylic acids is 1. The molecule has 1 aromatic carbocycles. The van der Waals surface area contributed by atoms with Gasteiger partial charge in [-0.3, -0.25) is 4.79 Å². The van der Waals surface area contributed by atoms with E-state index in [1.165, 1.54) is 77.0 Å². The summed E-state index contributed by atoms with van der Waals surface area (Å²) in [6.45, 7) is 15.7. The fraction of sp³-hybridized carbons (Fsp3) is 0.800. The smallest absolute Gasteiger partial charge is 0.243 e. The number of rotatable bonds is 38. The van der Waals surface area contributed by atoms with Crippen LogP contribution in [0.3, 0.4) is 0 Å². The third-order valence-corrected chi connectivity index (χ3v) is 9.68. The number of unbranched alkanes of at least 4 members (excludes halogenated alkanes) is 15. The molecule has 0 aliphatic heterocycles. The number of nitrogens with one attached hydrogen (secondary N) is 1. The third kappa shape index (κ3) is 31.0. The topological polar surface area (TPSA) is 72.5 Å². The van der Waals surface area contributed by atoms with Crippen LogP contribution in [0.2, 0.25) is 0 Å². The van der Waals surface area contributed by atoms with E-state index in [0.29, 0.717) is 6.54 Å². The lowest BCUT2D eigenvalue weighted by Gasteiger charge is -2.23. The average Bonchev–Trinajstić information content (AvgIpc) is 3.15. The van der Waals surface area contributed by atoms with Gasteiger partial charge in [-0.1, -0.05) is 103 Å². The molecule has 0 aliphatic carbocycles. The predicted octanol–water partition coefficient (Wildman–Crippen LogP) is 10.8. The monoisotopic (exact) mass is 746 g/mol. The average molecular weight is 746 g/mol. The summed E-state index contributed by atoms with van der Waals surface area (Å²) in [5.74, 6) is -0.0293. The maximum Gasteiger partial charge on any atom is 0.243 e. The van der Waals surface area contributed by atoms with E-state index in [4.69, 9.17) is 18.9 Å². The van der Waals surface area contributed by atoms with Crippen LogP contribution in [0.5, 0.6) is 0 Å². The minimum Gasteiger partial charge on any atom is -0.378 e. The van der Waals surface area contributed by atoms with E-state index in [2.05, 4.69) is 41.1 Å². The molecule has 0 spiro atoms. The fourth-order valence-electron chi connectivity index (χ4n) is 6.21. The maximum absolute atomic E-state index is 12.3. The van der Waals surface area contributed by atoms with Crippen LogP contribution in [0.25, 0.3) is 6.08 Å². The molecule has 1 rings (SSSR count). The molecular formula is C45H83N3O5. The first kappa shape index (κ1) is 49.0. The maximum atomic E-state index is 12.3. The summed E-state index contributed by atoms with van der Waals surface area (Å²) in [6, 6.07) is 8.19. The van der Waals surface area contributed by atoms with Crippen LogP contribution < -0.4 is 10.2 Å². The first-order valence-electron chi connectivity index (χ1n) is 21.8. The predicted molar refractivity (Wildman–Crippen MR) is 226 cm³/mol. The molecule has 53 heavy (non-hydrogen) atoms.